The Morgan fingerprint density at radius 2 is 2.28 bits per heavy atom. The van der Waals surface area contributed by atoms with Gasteiger partial charge in [-0.3, -0.25) is 4.79 Å². The third-order valence-electron chi connectivity index (χ3n) is 3.27. The summed E-state index contributed by atoms with van der Waals surface area (Å²) in [4.78, 5) is 14.2. The maximum atomic E-state index is 12.4. The number of amides is 1. The molecule has 2 atom stereocenters. The van der Waals surface area contributed by atoms with Gasteiger partial charge in [-0.1, -0.05) is 13.8 Å². The van der Waals surface area contributed by atoms with E-state index in [4.69, 9.17) is 9.84 Å². The number of carbonyl (C=O) groups excluding carboxylic acids is 1. The Kier molecular flexibility index (Phi) is 6.60. The third-order valence-corrected chi connectivity index (χ3v) is 3.27. The van der Waals surface area contributed by atoms with Crippen molar-refractivity contribution in [3.05, 3.63) is 0 Å². The molecule has 2 unspecified atom stereocenters. The van der Waals surface area contributed by atoms with Crippen LogP contribution in [0.4, 0.5) is 0 Å². The second-order valence-corrected chi connectivity index (χ2v) is 5.17. The van der Waals surface area contributed by atoms with E-state index in [2.05, 4.69) is 5.32 Å². The molecule has 5 heteroatoms. The number of hydrogen-bond acceptors (Lipinski definition) is 4. The predicted molar refractivity (Wildman–Crippen MR) is 70.4 cm³/mol. The molecule has 0 radical (unpaired) electrons. The molecule has 1 aliphatic rings. The first-order chi connectivity index (χ1) is 8.60. The molecule has 1 amide bonds. The lowest BCUT2D eigenvalue weighted by molar-refractivity contribution is -0.140. The molecule has 0 spiro atoms. The quantitative estimate of drug-likeness (QED) is 0.693. The first-order valence-electron chi connectivity index (χ1n) is 6.76. The molecule has 5 nitrogen and oxygen atoms in total. The number of carbonyl (C=O) groups is 1. The zero-order valence-corrected chi connectivity index (χ0v) is 11.7. The highest BCUT2D eigenvalue weighted by atomic mass is 16.5. The van der Waals surface area contributed by atoms with Crippen molar-refractivity contribution < 1.29 is 14.6 Å². The summed E-state index contributed by atoms with van der Waals surface area (Å²) in [5.74, 6) is 0.144. The lowest BCUT2D eigenvalue weighted by Crippen LogP contribution is -2.56. The third kappa shape index (κ3) is 4.23. The smallest absolute Gasteiger partial charge is 0.240 e. The van der Waals surface area contributed by atoms with Gasteiger partial charge in [0.15, 0.2) is 0 Å². The van der Waals surface area contributed by atoms with Gasteiger partial charge in [0.05, 0.1) is 18.7 Å². The monoisotopic (exact) mass is 258 g/mol. The van der Waals surface area contributed by atoms with Crippen molar-refractivity contribution in [1.82, 2.24) is 10.2 Å². The van der Waals surface area contributed by atoms with Gasteiger partial charge >= 0.3 is 0 Å². The maximum Gasteiger partial charge on any atom is 0.240 e. The van der Waals surface area contributed by atoms with Crippen LogP contribution in [0.1, 0.15) is 33.1 Å². The zero-order valence-electron chi connectivity index (χ0n) is 11.7. The Balaban J connectivity index is 2.65. The zero-order chi connectivity index (χ0) is 13.5. The summed E-state index contributed by atoms with van der Waals surface area (Å²) in [5.41, 5.74) is 0. The molecule has 0 bridgehead atoms. The molecular weight excluding hydrogens is 232 g/mol. The van der Waals surface area contributed by atoms with Crippen molar-refractivity contribution in [3.8, 4) is 0 Å². The summed E-state index contributed by atoms with van der Waals surface area (Å²) in [6, 6.07) is 0.207. The largest absolute Gasteiger partial charge is 0.396 e. The van der Waals surface area contributed by atoms with Crippen molar-refractivity contribution in [2.75, 3.05) is 26.9 Å². The highest BCUT2D eigenvalue weighted by Gasteiger charge is 2.32. The van der Waals surface area contributed by atoms with Gasteiger partial charge in [0.2, 0.25) is 5.91 Å². The van der Waals surface area contributed by atoms with Crippen LogP contribution in [0.15, 0.2) is 0 Å². The minimum Gasteiger partial charge on any atom is -0.396 e. The van der Waals surface area contributed by atoms with E-state index in [1.807, 2.05) is 18.7 Å². The molecule has 0 aromatic heterocycles. The van der Waals surface area contributed by atoms with Gasteiger partial charge in [0, 0.05) is 26.3 Å². The van der Waals surface area contributed by atoms with E-state index in [1.165, 1.54) is 0 Å². The molecule has 18 heavy (non-hydrogen) atoms. The van der Waals surface area contributed by atoms with E-state index >= 15 is 0 Å². The number of nitrogens with one attached hydrogen (secondary N) is 1. The Bertz CT molecular complexity index is 253. The van der Waals surface area contributed by atoms with Crippen LogP contribution in [0.5, 0.6) is 0 Å². The Morgan fingerprint density at radius 3 is 2.83 bits per heavy atom. The number of hydrogen-bond donors (Lipinski definition) is 2. The van der Waals surface area contributed by atoms with E-state index in [-0.39, 0.29) is 24.6 Å². The fraction of sp³-hybridized carbons (Fsp3) is 0.923. The summed E-state index contributed by atoms with van der Waals surface area (Å²) in [5, 5.41) is 12.4. The van der Waals surface area contributed by atoms with Gasteiger partial charge in [0.1, 0.15) is 0 Å². The van der Waals surface area contributed by atoms with Gasteiger partial charge in [-0.2, -0.15) is 0 Å². The standard InChI is InChI=1S/C13H26N2O3/c1-10(2)14-12-5-4-7-15(13(12)17)11(6-8-16)9-18-3/h10-12,14,16H,4-9H2,1-3H3. The van der Waals surface area contributed by atoms with E-state index in [1.54, 1.807) is 7.11 Å². The van der Waals surface area contributed by atoms with E-state index in [0.717, 1.165) is 19.4 Å². The maximum absolute atomic E-state index is 12.4. The number of methoxy groups -OCH3 is 1. The summed E-state index contributed by atoms with van der Waals surface area (Å²) >= 11 is 0. The molecule has 0 aromatic carbocycles. The molecule has 1 fully saturated rings. The van der Waals surface area contributed by atoms with Crippen LogP contribution in [0.25, 0.3) is 0 Å². The predicted octanol–water partition coefficient (Wildman–Crippen LogP) is 0.373. The molecule has 2 N–H and O–H groups in total. The second kappa shape index (κ2) is 7.71. The van der Waals surface area contributed by atoms with Gasteiger partial charge in [0.25, 0.3) is 0 Å². The number of nitrogens with zero attached hydrogens (tertiary/aromatic N) is 1. The lowest BCUT2D eigenvalue weighted by Gasteiger charge is -2.38. The van der Waals surface area contributed by atoms with Crippen LogP contribution in [-0.4, -0.2) is 60.9 Å². The fourth-order valence-corrected chi connectivity index (χ4v) is 2.49. The first-order valence-corrected chi connectivity index (χ1v) is 6.76. The summed E-state index contributed by atoms with van der Waals surface area (Å²) in [7, 11) is 1.63. The van der Waals surface area contributed by atoms with E-state index in [9.17, 15) is 4.79 Å². The van der Waals surface area contributed by atoms with Gasteiger partial charge < -0.3 is 20.1 Å². The molecule has 1 saturated heterocycles. The van der Waals surface area contributed by atoms with E-state index in [0.29, 0.717) is 19.1 Å². The Morgan fingerprint density at radius 1 is 1.56 bits per heavy atom. The molecule has 0 aromatic rings. The lowest BCUT2D eigenvalue weighted by atomic mass is 10.0. The Labute approximate surface area is 109 Å². The van der Waals surface area contributed by atoms with Crippen LogP contribution in [0.3, 0.4) is 0 Å². The molecule has 1 aliphatic heterocycles. The van der Waals surface area contributed by atoms with Crippen molar-refractivity contribution in [2.24, 2.45) is 0 Å². The Hall–Kier alpha value is -0.650. The number of aliphatic hydroxyl groups is 1. The molecule has 1 heterocycles. The highest BCUT2D eigenvalue weighted by Crippen LogP contribution is 2.17. The second-order valence-electron chi connectivity index (χ2n) is 5.17. The van der Waals surface area contributed by atoms with Crippen LogP contribution < -0.4 is 5.32 Å². The summed E-state index contributed by atoms with van der Waals surface area (Å²) in [6.45, 7) is 5.43. The molecular formula is C13H26N2O3. The number of aliphatic hydroxyl groups excluding tert-OH is 1. The average molecular weight is 258 g/mol. The van der Waals surface area contributed by atoms with E-state index < -0.39 is 0 Å². The minimum atomic E-state index is -0.0863. The molecule has 0 saturated carbocycles. The van der Waals surface area contributed by atoms with Crippen LogP contribution in [0.2, 0.25) is 0 Å². The van der Waals surface area contributed by atoms with Gasteiger partial charge in [-0.05, 0) is 19.3 Å². The number of ether oxygens (including phenoxy) is 1. The number of rotatable bonds is 7. The molecule has 1 rings (SSSR count). The van der Waals surface area contributed by atoms with Crippen LogP contribution >= 0.6 is 0 Å². The SMILES string of the molecule is COCC(CCO)N1CCCC(NC(C)C)C1=O. The van der Waals surface area contributed by atoms with Crippen LogP contribution in [0, 0.1) is 0 Å². The van der Waals surface area contributed by atoms with Crippen molar-refractivity contribution in [2.45, 2.75) is 51.2 Å². The average Bonchev–Trinajstić information content (AvgIpc) is 2.31. The number of piperidine rings is 1. The molecule has 106 valence electrons. The highest BCUT2D eigenvalue weighted by molar-refractivity contribution is 5.83. The van der Waals surface area contributed by atoms with Gasteiger partial charge in [-0.25, -0.2) is 0 Å². The summed E-state index contributed by atoms with van der Waals surface area (Å²) < 4.78 is 5.15. The molecule has 0 aliphatic carbocycles. The van der Waals surface area contributed by atoms with Crippen molar-refractivity contribution >= 4 is 5.91 Å². The first kappa shape index (κ1) is 15.4. The summed E-state index contributed by atoms with van der Waals surface area (Å²) in [6.07, 6.45) is 2.47. The minimum absolute atomic E-state index is 0.00994. The topological polar surface area (TPSA) is 61.8 Å². The van der Waals surface area contributed by atoms with Crippen LogP contribution in [-0.2, 0) is 9.53 Å². The number of likely N-dealkylation sites (tertiary alicyclic amines) is 1. The van der Waals surface area contributed by atoms with Gasteiger partial charge in [-0.15, -0.1) is 0 Å². The fourth-order valence-electron chi connectivity index (χ4n) is 2.49. The van der Waals surface area contributed by atoms with Crippen molar-refractivity contribution in [1.29, 1.82) is 0 Å². The van der Waals surface area contributed by atoms with Crippen molar-refractivity contribution in [3.63, 3.8) is 0 Å². The normalized spacial score (nSPS) is 22.6.